The van der Waals surface area contributed by atoms with Crippen LogP contribution in [0.15, 0.2) is 18.2 Å². The van der Waals surface area contributed by atoms with Crippen LogP contribution < -0.4 is 0 Å². The van der Waals surface area contributed by atoms with E-state index in [0.29, 0.717) is 16.9 Å². The quantitative estimate of drug-likeness (QED) is 0.798. The molecule has 4 nitrogen and oxygen atoms in total. The van der Waals surface area contributed by atoms with Crippen molar-refractivity contribution in [3.05, 3.63) is 34.3 Å². The second-order valence-corrected chi connectivity index (χ2v) is 6.05. The lowest BCUT2D eigenvalue weighted by Gasteiger charge is -2.29. The van der Waals surface area contributed by atoms with Crippen LogP contribution in [0.5, 0.6) is 0 Å². The van der Waals surface area contributed by atoms with Crippen molar-refractivity contribution in [3.8, 4) is 0 Å². The summed E-state index contributed by atoms with van der Waals surface area (Å²) in [4.78, 5) is 24.7. The van der Waals surface area contributed by atoms with E-state index in [1.165, 1.54) is 11.9 Å². The first-order valence-corrected chi connectivity index (χ1v) is 6.71. The molecule has 0 saturated carbocycles. The lowest BCUT2D eigenvalue weighted by atomic mass is 10.0. The van der Waals surface area contributed by atoms with E-state index in [1.54, 1.807) is 32.9 Å². The van der Waals surface area contributed by atoms with Gasteiger partial charge in [-0.15, -0.1) is 0 Å². The largest absolute Gasteiger partial charge is 0.444 e. The average Bonchev–Trinajstić information content (AvgIpc) is 2.31. The Morgan fingerprint density at radius 2 is 2.00 bits per heavy atom. The highest BCUT2D eigenvalue weighted by Crippen LogP contribution is 2.29. The molecule has 0 heterocycles. The van der Waals surface area contributed by atoms with Crippen molar-refractivity contribution in [2.45, 2.75) is 39.3 Å². The number of aldehydes is 1. The van der Waals surface area contributed by atoms with Gasteiger partial charge in [0.05, 0.1) is 0 Å². The maximum Gasteiger partial charge on any atom is 0.410 e. The first-order chi connectivity index (χ1) is 9.17. The van der Waals surface area contributed by atoms with Gasteiger partial charge in [0.1, 0.15) is 17.9 Å². The molecule has 0 aliphatic heterocycles. The predicted octanol–water partition coefficient (Wildman–Crippen LogP) is 3.76. The number of nitrogens with zero attached hydrogens (tertiary/aromatic N) is 1. The van der Waals surface area contributed by atoms with E-state index >= 15 is 0 Å². The van der Waals surface area contributed by atoms with Crippen LogP contribution >= 0.6 is 11.6 Å². The second kappa shape index (κ2) is 6.27. The molecule has 110 valence electrons. The zero-order valence-corrected chi connectivity index (χ0v) is 13.2. The van der Waals surface area contributed by atoms with Gasteiger partial charge in [-0.25, -0.2) is 4.79 Å². The van der Waals surface area contributed by atoms with Crippen LogP contribution in [0.1, 0.15) is 37.9 Å². The molecule has 1 atom stereocenters. The van der Waals surface area contributed by atoms with Crippen molar-refractivity contribution in [1.29, 1.82) is 0 Å². The Hall–Kier alpha value is -1.55. The molecule has 0 spiro atoms. The van der Waals surface area contributed by atoms with Crippen molar-refractivity contribution in [3.63, 3.8) is 0 Å². The summed E-state index contributed by atoms with van der Waals surface area (Å²) in [5.41, 5.74) is 0.858. The monoisotopic (exact) mass is 297 g/mol. The lowest BCUT2D eigenvalue weighted by molar-refractivity contribution is -0.112. The molecule has 0 N–H and O–H groups in total. The third kappa shape index (κ3) is 3.97. The number of rotatable bonds is 3. The third-order valence-electron chi connectivity index (χ3n) is 2.79. The molecule has 1 amide bonds. The fraction of sp³-hybridized carbons (Fsp3) is 0.467. The molecule has 0 aliphatic rings. The van der Waals surface area contributed by atoms with Gasteiger partial charge in [-0.05, 0) is 39.3 Å². The molecule has 1 unspecified atom stereocenters. The summed E-state index contributed by atoms with van der Waals surface area (Å²) in [7, 11) is 1.52. The van der Waals surface area contributed by atoms with Crippen LogP contribution in [0, 0.1) is 6.92 Å². The summed E-state index contributed by atoms with van der Waals surface area (Å²) in [6, 6.07) is 4.58. The number of carbonyl (C=O) groups is 2. The average molecular weight is 298 g/mol. The molecule has 0 bridgehead atoms. The Labute approximate surface area is 124 Å². The summed E-state index contributed by atoms with van der Waals surface area (Å²) in [5, 5.41) is 0.456. The fourth-order valence-corrected chi connectivity index (χ4v) is 2.15. The number of likely N-dealkylation sites (N-methyl/N-ethyl adjacent to an activating group) is 1. The molecule has 1 aromatic rings. The molecule has 0 radical (unpaired) electrons. The molecule has 1 aromatic carbocycles. The normalized spacial score (nSPS) is 12.7. The summed E-state index contributed by atoms with van der Waals surface area (Å²) in [6.07, 6.45) is 0.131. The van der Waals surface area contributed by atoms with E-state index in [-0.39, 0.29) is 0 Å². The van der Waals surface area contributed by atoms with Crippen molar-refractivity contribution in [2.75, 3.05) is 7.05 Å². The minimum absolute atomic E-state index is 0.456. The minimum atomic E-state index is -0.765. The highest BCUT2D eigenvalue weighted by atomic mass is 35.5. The van der Waals surface area contributed by atoms with Crippen molar-refractivity contribution < 1.29 is 14.3 Å². The minimum Gasteiger partial charge on any atom is -0.444 e. The van der Waals surface area contributed by atoms with Crippen molar-refractivity contribution >= 4 is 24.0 Å². The molecule has 0 aliphatic carbocycles. The Morgan fingerprint density at radius 3 is 2.45 bits per heavy atom. The van der Waals surface area contributed by atoms with Crippen LogP contribution in [-0.4, -0.2) is 29.9 Å². The summed E-state index contributed by atoms with van der Waals surface area (Å²) in [6.45, 7) is 7.17. The van der Waals surface area contributed by atoms with Gasteiger partial charge in [0.15, 0.2) is 0 Å². The van der Waals surface area contributed by atoms with E-state index in [0.717, 1.165) is 5.56 Å². The van der Waals surface area contributed by atoms with E-state index in [1.807, 2.05) is 13.0 Å². The molecule has 1 rings (SSSR count). The SMILES string of the molecule is Cc1cccc(Cl)c1C(C=O)N(C)C(=O)OC(C)(C)C. The Kier molecular flexibility index (Phi) is 5.17. The van der Waals surface area contributed by atoms with Crippen molar-refractivity contribution in [1.82, 2.24) is 4.90 Å². The van der Waals surface area contributed by atoms with Gasteiger partial charge in [0.25, 0.3) is 0 Å². The molecule has 0 aromatic heterocycles. The van der Waals surface area contributed by atoms with E-state index in [4.69, 9.17) is 16.3 Å². The van der Waals surface area contributed by atoms with Crippen LogP contribution in [0.25, 0.3) is 0 Å². The van der Waals surface area contributed by atoms with Crippen LogP contribution in [0.3, 0.4) is 0 Å². The maximum absolute atomic E-state index is 12.1. The number of ether oxygens (including phenoxy) is 1. The summed E-state index contributed by atoms with van der Waals surface area (Å²) >= 11 is 6.15. The number of aryl methyl sites for hydroxylation is 1. The second-order valence-electron chi connectivity index (χ2n) is 5.64. The Bertz CT molecular complexity index is 488. The van der Waals surface area contributed by atoms with Gasteiger partial charge in [-0.1, -0.05) is 23.7 Å². The maximum atomic E-state index is 12.1. The number of halogens is 1. The Balaban J connectivity index is 3.08. The molecule has 0 fully saturated rings. The molecular weight excluding hydrogens is 278 g/mol. The summed E-state index contributed by atoms with van der Waals surface area (Å²) in [5.74, 6) is 0. The molecule has 5 heteroatoms. The number of benzene rings is 1. The summed E-state index contributed by atoms with van der Waals surface area (Å²) < 4.78 is 5.27. The van der Waals surface area contributed by atoms with E-state index in [9.17, 15) is 9.59 Å². The van der Waals surface area contributed by atoms with Gasteiger partial charge in [0, 0.05) is 17.6 Å². The van der Waals surface area contributed by atoms with Crippen LogP contribution in [0.2, 0.25) is 5.02 Å². The number of hydrogen-bond donors (Lipinski definition) is 0. The first-order valence-electron chi connectivity index (χ1n) is 6.33. The van der Waals surface area contributed by atoms with E-state index in [2.05, 4.69) is 0 Å². The molecule has 20 heavy (non-hydrogen) atoms. The number of carbonyl (C=O) groups excluding carboxylic acids is 2. The van der Waals surface area contributed by atoms with Gasteiger partial charge in [0.2, 0.25) is 0 Å². The zero-order valence-electron chi connectivity index (χ0n) is 12.4. The van der Waals surface area contributed by atoms with Crippen molar-refractivity contribution in [2.24, 2.45) is 0 Å². The van der Waals surface area contributed by atoms with Crippen LogP contribution in [-0.2, 0) is 9.53 Å². The van der Waals surface area contributed by atoms with Crippen LogP contribution in [0.4, 0.5) is 4.79 Å². The van der Waals surface area contributed by atoms with Gasteiger partial charge < -0.3 is 9.53 Å². The standard InChI is InChI=1S/C15H20ClNO3/c1-10-7-6-8-11(16)13(10)12(9-18)17(5)14(19)20-15(2,3)4/h6-9,12H,1-5H3. The molecule has 0 saturated heterocycles. The third-order valence-corrected chi connectivity index (χ3v) is 3.12. The topological polar surface area (TPSA) is 46.6 Å². The van der Waals surface area contributed by atoms with Gasteiger partial charge in [-0.2, -0.15) is 0 Å². The lowest BCUT2D eigenvalue weighted by Crippen LogP contribution is -2.37. The number of amides is 1. The highest BCUT2D eigenvalue weighted by Gasteiger charge is 2.28. The first kappa shape index (κ1) is 16.5. The highest BCUT2D eigenvalue weighted by molar-refractivity contribution is 6.31. The van der Waals surface area contributed by atoms with E-state index < -0.39 is 17.7 Å². The Morgan fingerprint density at radius 1 is 1.40 bits per heavy atom. The zero-order chi connectivity index (χ0) is 15.5. The van der Waals surface area contributed by atoms with Gasteiger partial charge in [-0.3, -0.25) is 4.90 Å². The smallest absolute Gasteiger partial charge is 0.410 e. The predicted molar refractivity (Wildman–Crippen MR) is 79.0 cm³/mol. The molecular formula is C15H20ClNO3. The number of hydrogen-bond acceptors (Lipinski definition) is 3. The fourth-order valence-electron chi connectivity index (χ4n) is 1.82. The van der Waals surface area contributed by atoms with Gasteiger partial charge >= 0.3 is 6.09 Å².